The van der Waals surface area contributed by atoms with E-state index in [2.05, 4.69) is 10.9 Å². The highest BCUT2D eigenvalue weighted by molar-refractivity contribution is 6.35. The Labute approximate surface area is 97.7 Å². The summed E-state index contributed by atoms with van der Waals surface area (Å²) in [5.74, 6) is -0.360. The van der Waals surface area contributed by atoms with Gasteiger partial charge in [0.2, 0.25) is 0 Å². The van der Waals surface area contributed by atoms with Gasteiger partial charge in [-0.15, -0.1) is 0 Å². The predicted octanol–water partition coefficient (Wildman–Crippen LogP) is 1.24. The lowest BCUT2D eigenvalue weighted by molar-refractivity contribution is -0.123. The van der Waals surface area contributed by atoms with Gasteiger partial charge in [-0.3, -0.25) is 10.2 Å². The fourth-order valence-electron chi connectivity index (χ4n) is 1.10. The van der Waals surface area contributed by atoms with Crippen LogP contribution in [0.15, 0.2) is 18.2 Å². The Kier molecular flexibility index (Phi) is 4.35. The van der Waals surface area contributed by atoms with Crippen molar-refractivity contribution in [2.45, 2.75) is 6.04 Å². The number of nitrogens with two attached hydrogens (primary N) is 1. The van der Waals surface area contributed by atoms with Gasteiger partial charge in [0, 0.05) is 17.1 Å². The number of hydrogen-bond donors (Lipinski definition) is 3. The molecule has 1 aromatic carbocycles. The number of benzene rings is 1. The summed E-state index contributed by atoms with van der Waals surface area (Å²) in [6.07, 6.45) is 0. The molecule has 0 aliphatic rings. The highest BCUT2D eigenvalue weighted by Gasteiger charge is 2.17. The Morgan fingerprint density at radius 3 is 2.67 bits per heavy atom. The molecule has 82 valence electrons. The van der Waals surface area contributed by atoms with Crippen LogP contribution in [0.1, 0.15) is 11.6 Å². The van der Waals surface area contributed by atoms with Gasteiger partial charge in [-0.25, -0.2) is 5.43 Å². The second-order valence-corrected chi connectivity index (χ2v) is 3.73. The number of rotatable bonds is 3. The SMILES string of the molecule is CNNC(=O)C(N)c1ccc(Cl)cc1Cl. The summed E-state index contributed by atoms with van der Waals surface area (Å²) >= 11 is 11.6. The number of hydrazine groups is 1. The van der Waals surface area contributed by atoms with Crippen molar-refractivity contribution in [2.75, 3.05) is 7.05 Å². The van der Waals surface area contributed by atoms with Gasteiger partial charge in [0.05, 0.1) is 0 Å². The first-order valence-electron chi connectivity index (χ1n) is 4.23. The lowest BCUT2D eigenvalue weighted by Crippen LogP contribution is -2.40. The molecule has 6 heteroatoms. The number of amides is 1. The fraction of sp³-hybridized carbons (Fsp3) is 0.222. The fourth-order valence-corrected chi connectivity index (χ4v) is 1.62. The van der Waals surface area contributed by atoms with Crippen LogP contribution in [0, 0.1) is 0 Å². The van der Waals surface area contributed by atoms with Crippen molar-refractivity contribution >= 4 is 29.1 Å². The molecule has 1 rings (SSSR count). The molecule has 1 amide bonds. The minimum Gasteiger partial charge on any atom is -0.316 e. The second kappa shape index (κ2) is 5.32. The lowest BCUT2D eigenvalue weighted by Gasteiger charge is -2.13. The third kappa shape index (κ3) is 3.07. The number of hydrogen-bond acceptors (Lipinski definition) is 3. The quantitative estimate of drug-likeness (QED) is 0.705. The van der Waals surface area contributed by atoms with Gasteiger partial charge in [0.25, 0.3) is 5.91 Å². The van der Waals surface area contributed by atoms with E-state index in [1.807, 2.05) is 0 Å². The minimum absolute atomic E-state index is 0.360. The maximum Gasteiger partial charge on any atom is 0.255 e. The van der Waals surface area contributed by atoms with E-state index in [0.717, 1.165) is 0 Å². The first-order chi connectivity index (χ1) is 7.06. The zero-order valence-electron chi connectivity index (χ0n) is 8.05. The molecule has 0 aliphatic carbocycles. The Morgan fingerprint density at radius 1 is 1.47 bits per heavy atom. The van der Waals surface area contributed by atoms with Gasteiger partial charge in [0.15, 0.2) is 0 Å². The average Bonchev–Trinajstić information content (AvgIpc) is 2.17. The van der Waals surface area contributed by atoms with Gasteiger partial charge in [-0.05, 0) is 17.7 Å². The van der Waals surface area contributed by atoms with Crippen LogP contribution >= 0.6 is 23.2 Å². The molecular weight excluding hydrogens is 237 g/mol. The molecule has 0 saturated carbocycles. The molecule has 0 spiro atoms. The first kappa shape index (κ1) is 12.3. The maximum atomic E-state index is 11.4. The van der Waals surface area contributed by atoms with E-state index in [-0.39, 0.29) is 5.91 Å². The summed E-state index contributed by atoms with van der Waals surface area (Å²) in [6, 6.07) is 3.99. The molecule has 4 nitrogen and oxygen atoms in total. The summed E-state index contributed by atoms with van der Waals surface area (Å²) in [6.45, 7) is 0. The van der Waals surface area contributed by atoms with Crippen molar-refractivity contribution in [3.8, 4) is 0 Å². The number of halogens is 2. The van der Waals surface area contributed by atoms with Crippen molar-refractivity contribution in [1.82, 2.24) is 10.9 Å². The Balaban J connectivity index is 2.91. The van der Waals surface area contributed by atoms with Crippen LogP contribution in [0.2, 0.25) is 10.0 Å². The van der Waals surface area contributed by atoms with E-state index in [1.54, 1.807) is 25.2 Å². The number of carbonyl (C=O) groups is 1. The molecule has 0 fully saturated rings. The van der Waals surface area contributed by atoms with Gasteiger partial charge in [-0.2, -0.15) is 0 Å². The largest absolute Gasteiger partial charge is 0.316 e. The summed E-state index contributed by atoms with van der Waals surface area (Å²) in [5.41, 5.74) is 11.1. The van der Waals surface area contributed by atoms with Crippen molar-refractivity contribution < 1.29 is 4.79 Å². The van der Waals surface area contributed by atoms with Crippen LogP contribution in [0.4, 0.5) is 0 Å². The third-order valence-electron chi connectivity index (χ3n) is 1.83. The van der Waals surface area contributed by atoms with E-state index in [4.69, 9.17) is 28.9 Å². The molecule has 1 aromatic rings. The van der Waals surface area contributed by atoms with Gasteiger partial charge >= 0.3 is 0 Å². The average molecular weight is 248 g/mol. The van der Waals surface area contributed by atoms with Crippen LogP contribution in [0.5, 0.6) is 0 Å². The smallest absolute Gasteiger partial charge is 0.255 e. The summed E-state index contributed by atoms with van der Waals surface area (Å²) in [7, 11) is 1.58. The second-order valence-electron chi connectivity index (χ2n) is 2.88. The van der Waals surface area contributed by atoms with Crippen molar-refractivity contribution in [3.63, 3.8) is 0 Å². The molecule has 0 aromatic heterocycles. The molecule has 0 radical (unpaired) electrons. The van der Waals surface area contributed by atoms with Gasteiger partial charge in [-0.1, -0.05) is 29.3 Å². The van der Waals surface area contributed by atoms with Crippen LogP contribution in [-0.2, 0) is 4.79 Å². The van der Waals surface area contributed by atoms with E-state index < -0.39 is 6.04 Å². The Bertz CT molecular complexity index is 370. The van der Waals surface area contributed by atoms with Crippen LogP contribution in [0.25, 0.3) is 0 Å². The van der Waals surface area contributed by atoms with Gasteiger partial charge < -0.3 is 5.73 Å². The molecule has 0 heterocycles. The van der Waals surface area contributed by atoms with E-state index in [1.165, 1.54) is 0 Å². The highest BCUT2D eigenvalue weighted by Crippen LogP contribution is 2.25. The topological polar surface area (TPSA) is 67.1 Å². The Morgan fingerprint density at radius 2 is 2.13 bits per heavy atom. The monoisotopic (exact) mass is 247 g/mol. The maximum absolute atomic E-state index is 11.4. The number of nitrogens with one attached hydrogen (secondary N) is 2. The first-order valence-corrected chi connectivity index (χ1v) is 4.99. The minimum atomic E-state index is -0.817. The highest BCUT2D eigenvalue weighted by atomic mass is 35.5. The molecule has 0 aliphatic heterocycles. The van der Waals surface area contributed by atoms with E-state index in [9.17, 15) is 4.79 Å². The molecule has 15 heavy (non-hydrogen) atoms. The predicted molar refractivity (Wildman–Crippen MR) is 60.6 cm³/mol. The molecule has 1 unspecified atom stereocenters. The van der Waals surface area contributed by atoms with Crippen molar-refractivity contribution in [2.24, 2.45) is 5.73 Å². The number of carbonyl (C=O) groups excluding carboxylic acids is 1. The van der Waals surface area contributed by atoms with Crippen LogP contribution in [-0.4, -0.2) is 13.0 Å². The van der Waals surface area contributed by atoms with E-state index >= 15 is 0 Å². The van der Waals surface area contributed by atoms with E-state index in [0.29, 0.717) is 15.6 Å². The summed E-state index contributed by atoms with van der Waals surface area (Å²) in [4.78, 5) is 11.4. The molecule has 0 bridgehead atoms. The molecule has 0 saturated heterocycles. The summed E-state index contributed by atoms with van der Waals surface area (Å²) in [5, 5.41) is 0.881. The van der Waals surface area contributed by atoms with Crippen molar-refractivity contribution in [3.05, 3.63) is 33.8 Å². The zero-order chi connectivity index (χ0) is 11.4. The summed E-state index contributed by atoms with van der Waals surface area (Å²) < 4.78 is 0. The molecular formula is C9H11Cl2N3O. The Hall–Kier alpha value is -0.810. The zero-order valence-corrected chi connectivity index (χ0v) is 9.56. The normalized spacial score (nSPS) is 12.3. The molecule has 4 N–H and O–H groups in total. The van der Waals surface area contributed by atoms with Gasteiger partial charge in [0.1, 0.15) is 6.04 Å². The van der Waals surface area contributed by atoms with Crippen LogP contribution < -0.4 is 16.6 Å². The standard InChI is InChI=1S/C9H11Cl2N3O/c1-13-14-9(15)8(12)6-3-2-5(10)4-7(6)11/h2-4,8,13H,12H2,1H3,(H,14,15). The third-order valence-corrected chi connectivity index (χ3v) is 2.39. The van der Waals surface area contributed by atoms with Crippen LogP contribution in [0.3, 0.4) is 0 Å². The lowest BCUT2D eigenvalue weighted by atomic mass is 10.1. The van der Waals surface area contributed by atoms with Crippen molar-refractivity contribution in [1.29, 1.82) is 0 Å². The molecule has 1 atom stereocenters.